The van der Waals surface area contributed by atoms with Crippen LogP contribution < -0.4 is 5.32 Å². The summed E-state index contributed by atoms with van der Waals surface area (Å²) >= 11 is 0. The first-order valence-electron chi connectivity index (χ1n) is 6.87. The van der Waals surface area contributed by atoms with Crippen LogP contribution in [0.1, 0.15) is 24.3 Å². The van der Waals surface area contributed by atoms with E-state index >= 15 is 0 Å². The Morgan fingerprint density at radius 2 is 1.81 bits per heavy atom. The van der Waals surface area contributed by atoms with Crippen molar-refractivity contribution in [1.82, 2.24) is 29.7 Å². The summed E-state index contributed by atoms with van der Waals surface area (Å²) in [6, 6.07) is 1.89. The van der Waals surface area contributed by atoms with Crippen molar-refractivity contribution in [3.8, 4) is 5.82 Å². The number of nitrogens with one attached hydrogen (secondary N) is 1. The van der Waals surface area contributed by atoms with Gasteiger partial charge in [0.15, 0.2) is 11.5 Å². The van der Waals surface area contributed by atoms with Gasteiger partial charge < -0.3 is 5.32 Å². The minimum absolute atomic E-state index is 0.697. The summed E-state index contributed by atoms with van der Waals surface area (Å²) in [7, 11) is 0. The summed E-state index contributed by atoms with van der Waals surface area (Å²) in [5.41, 5.74) is 1.65. The molecule has 0 aliphatic carbocycles. The summed E-state index contributed by atoms with van der Waals surface area (Å²) < 4.78 is 1.73. The molecule has 21 heavy (non-hydrogen) atoms. The third kappa shape index (κ3) is 2.42. The molecule has 0 fully saturated rings. The van der Waals surface area contributed by atoms with Gasteiger partial charge in [-0.1, -0.05) is 0 Å². The highest BCUT2D eigenvalue weighted by Crippen LogP contribution is 2.22. The van der Waals surface area contributed by atoms with Crippen LogP contribution in [-0.2, 0) is 0 Å². The normalized spacial score (nSPS) is 11.0. The monoisotopic (exact) mass is 283 g/mol. The number of rotatable bonds is 3. The summed E-state index contributed by atoms with van der Waals surface area (Å²) in [6.07, 6.45) is 1.76. The number of hydrogen-bond acceptors (Lipinski definition) is 6. The van der Waals surface area contributed by atoms with Crippen molar-refractivity contribution < 1.29 is 0 Å². The average molecular weight is 283 g/mol. The van der Waals surface area contributed by atoms with Gasteiger partial charge in [0.2, 0.25) is 0 Å². The minimum Gasteiger partial charge on any atom is -0.370 e. The molecule has 0 spiro atoms. The van der Waals surface area contributed by atoms with E-state index < -0.39 is 0 Å². The molecule has 0 aromatic carbocycles. The van der Waals surface area contributed by atoms with Crippen LogP contribution in [0.5, 0.6) is 0 Å². The second-order valence-corrected chi connectivity index (χ2v) is 4.86. The van der Waals surface area contributed by atoms with Gasteiger partial charge in [-0.2, -0.15) is 9.78 Å². The van der Waals surface area contributed by atoms with E-state index in [0.717, 1.165) is 34.9 Å². The molecule has 0 amide bonds. The van der Waals surface area contributed by atoms with E-state index in [1.165, 1.54) is 0 Å². The zero-order chi connectivity index (χ0) is 15.0. The van der Waals surface area contributed by atoms with Crippen LogP contribution in [0.2, 0.25) is 0 Å². The van der Waals surface area contributed by atoms with Gasteiger partial charge in [0, 0.05) is 18.3 Å². The molecule has 3 heterocycles. The molecule has 0 unspecified atom stereocenters. The zero-order valence-corrected chi connectivity index (χ0v) is 12.5. The lowest BCUT2D eigenvalue weighted by molar-refractivity contribution is 0.832. The maximum absolute atomic E-state index is 4.50. The number of fused-ring (bicyclic) bond motifs is 1. The first kappa shape index (κ1) is 13.4. The first-order valence-corrected chi connectivity index (χ1v) is 6.87. The maximum Gasteiger partial charge on any atom is 0.170 e. The summed E-state index contributed by atoms with van der Waals surface area (Å²) in [4.78, 5) is 17.7. The molecule has 7 nitrogen and oxygen atoms in total. The SMILES string of the molecule is CCNc1nc(C)nc2c1cnn2-c1cc(C)nc(C)n1. The van der Waals surface area contributed by atoms with Crippen LogP contribution >= 0.6 is 0 Å². The van der Waals surface area contributed by atoms with Crippen LogP contribution in [-0.4, -0.2) is 36.3 Å². The number of anilines is 1. The van der Waals surface area contributed by atoms with E-state index in [2.05, 4.69) is 30.4 Å². The largest absolute Gasteiger partial charge is 0.370 e. The van der Waals surface area contributed by atoms with Crippen molar-refractivity contribution in [3.63, 3.8) is 0 Å². The van der Waals surface area contributed by atoms with Crippen LogP contribution in [0.15, 0.2) is 12.3 Å². The van der Waals surface area contributed by atoms with Gasteiger partial charge in [-0.15, -0.1) is 0 Å². The topological polar surface area (TPSA) is 81.4 Å². The molecule has 0 atom stereocenters. The van der Waals surface area contributed by atoms with Crippen LogP contribution in [0.4, 0.5) is 5.82 Å². The molecule has 0 saturated carbocycles. The molecule has 7 heteroatoms. The first-order chi connectivity index (χ1) is 10.1. The molecule has 0 bridgehead atoms. The highest BCUT2D eigenvalue weighted by molar-refractivity contribution is 5.87. The Kier molecular flexibility index (Phi) is 3.25. The third-order valence-electron chi connectivity index (χ3n) is 3.05. The molecule has 108 valence electrons. The molecule has 0 radical (unpaired) electrons. The Morgan fingerprint density at radius 1 is 1.05 bits per heavy atom. The quantitative estimate of drug-likeness (QED) is 0.791. The summed E-state index contributed by atoms with van der Waals surface area (Å²) in [5.74, 6) is 2.93. The minimum atomic E-state index is 0.697. The van der Waals surface area contributed by atoms with Crippen LogP contribution in [0.25, 0.3) is 16.9 Å². The van der Waals surface area contributed by atoms with Gasteiger partial charge in [0.05, 0.1) is 11.6 Å². The van der Waals surface area contributed by atoms with Crippen molar-refractivity contribution in [2.45, 2.75) is 27.7 Å². The molecule has 0 saturated heterocycles. The number of aromatic nitrogens is 6. The lowest BCUT2D eigenvalue weighted by Gasteiger charge is -2.07. The second-order valence-electron chi connectivity index (χ2n) is 4.86. The van der Waals surface area contributed by atoms with E-state index in [9.17, 15) is 0 Å². The molecule has 3 rings (SSSR count). The van der Waals surface area contributed by atoms with E-state index in [1.807, 2.05) is 33.8 Å². The molecular weight excluding hydrogens is 266 g/mol. The Labute approximate surface area is 122 Å². The Hall–Kier alpha value is -2.57. The Bertz CT molecular complexity index is 786. The highest BCUT2D eigenvalue weighted by Gasteiger charge is 2.13. The molecule has 0 aliphatic heterocycles. The number of aryl methyl sites for hydroxylation is 3. The highest BCUT2D eigenvalue weighted by atomic mass is 15.3. The van der Waals surface area contributed by atoms with E-state index in [1.54, 1.807) is 10.9 Å². The molecule has 3 aromatic heterocycles. The lowest BCUT2D eigenvalue weighted by Crippen LogP contribution is -2.06. The van der Waals surface area contributed by atoms with Gasteiger partial charge >= 0.3 is 0 Å². The lowest BCUT2D eigenvalue weighted by atomic mass is 10.3. The van der Waals surface area contributed by atoms with Crippen molar-refractivity contribution in [1.29, 1.82) is 0 Å². The van der Waals surface area contributed by atoms with Crippen molar-refractivity contribution in [3.05, 3.63) is 29.6 Å². The molecule has 3 aromatic rings. The maximum atomic E-state index is 4.50. The van der Waals surface area contributed by atoms with Crippen LogP contribution in [0, 0.1) is 20.8 Å². The van der Waals surface area contributed by atoms with Gasteiger partial charge in [0.25, 0.3) is 0 Å². The van der Waals surface area contributed by atoms with Gasteiger partial charge in [-0.25, -0.2) is 19.9 Å². The van der Waals surface area contributed by atoms with Crippen molar-refractivity contribution >= 4 is 16.9 Å². The van der Waals surface area contributed by atoms with Crippen molar-refractivity contribution in [2.75, 3.05) is 11.9 Å². The molecule has 1 N–H and O–H groups in total. The van der Waals surface area contributed by atoms with Gasteiger partial charge in [0.1, 0.15) is 17.5 Å². The van der Waals surface area contributed by atoms with E-state index in [4.69, 9.17) is 0 Å². The van der Waals surface area contributed by atoms with Gasteiger partial charge in [-0.3, -0.25) is 0 Å². The summed E-state index contributed by atoms with van der Waals surface area (Å²) in [6.45, 7) is 8.50. The predicted molar refractivity (Wildman–Crippen MR) is 80.6 cm³/mol. The third-order valence-corrected chi connectivity index (χ3v) is 3.05. The fourth-order valence-electron chi connectivity index (χ4n) is 2.29. The van der Waals surface area contributed by atoms with Gasteiger partial charge in [-0.05, 0) is 27.7 Å². The average Bonchev–Trinajstić information content (AvgIpc) is 2.81. The van der Waals surface area contributed by atoms with Crippen molar-refractivity contribution in [2.24, 2.45) is 0 Å². The Morgan fingerprint density at radius 3 is 2.52 bits per heavy atom. The second kappa shape index (κ2) is 5.08. The smallest absolute Gasteiger partial charge is 0.170 e. The number of nitrogens with zero attached hydrogens (tertiary/aromatic N) is 6. The summed E-state index contributed by atoms with van der Waals surface area (Å²) in [5, 5.41) is 8.54. The fourth-order valence-corrected chi connectivity index (χ4v) is 2.29. The van der Waals surface area contributed by atoms with Crippen LogP contribution in [0.3, 0.4) is 0 Å². The molecule has 0 aliphatic rings. The predicted octanol–water partition coefficient (Wildman–Crippen LogP) is 1.96. The fraction of sp³-hybridized carbons (Fsp3) is 0.357. The zero-order valence-electron chi connectivity index (χ0n) is 12.5. The standard InChI is InChI=1S/C14H17N7/c1-5-15-13-11-7-16-21(14(11)20-10(4)19-13)12-6-8(2)17-9(3)18-12/h6-7H,5H2,1-4H3,(H,15,19,20). The Balaban J connectivity index is 2.24. The van der Waals surface area contributed by atoms with E-state index in [0.29, 0.717) is 11.6 Å². The molecular formula is C14H17N7. The number of hydrogen-bond donors (Lipinski definition) is 1. The van der Waals surface area contributed by atoms with E-state index in [-0.39, 0.29) is 0 Å².